The van der Waals surface area contributed by atoms with Crippen LogP contribution in [0, 0.1) is 0 Å². The molecule has 5 nitrogen and oxygen atoms in total. The monoisotopic (exact) mass is 254 g/mol. The second-order valence-corrected chi connectivity index (χ2v) is 4.38. The largest absolute Gasteiger partial charge is 0.438 e. The molecule has 96 valence electrons. The van der Waals surface area contributed by atoms with Gasteiger partial charge in [0.25, 0.3) is 0 Å². The maximum Gasteiger partial charge on any atom is 0.226 e. The maximum absolute atomic E-state index is 6.16. The Bertz CT molecular complexity index is 679. The highest BCUT2D eigenvalue weighted by Crippen LogP contribution is 2.39. The second-order valence-electron chi connectivity index (χ2n) is 4.38. The molecule has 1 aliphatic heterocycles. The van der Waals surface area contributed by atoms with E-state index in [1.807, 2.05) is 24.3 Å². The van der Waals surface area contributed by atoms with Crippen LogP contribution < -0.4 is 16.2 Å². The Balaban J connectivity index is 2.16. The standard InChI is InChI=1S/C14H14N4O/c1-17-7-10-12(15)9-6-8-4-2-3-5-11(8)19-14(9)18-13(10)16/h2-5,7H,6H2,1H3,(H4,15,16,18). The second kappa shape index (κ2) is 4.28. The van der Waals surface area contributed by atoms with Gasteiger partial charge >= 0.3 is 0 Å². The van der Waals surface area contributed by atoms with Gasteiger partial charge in [0.2, 0.25) is 5.88 Å². The Hall–Kier alpha value is -2.56. The molecule has 4 N–H and O–H groups in total. The Labute approximate surface area is 110 Å². The number of pyridine rings is 1. The molecule has 19 heavy (non-hydrogen) atoms. The fourth-order valence-electron chi connectivity index (χ4n) is 2.22. The van der Waals surface area contributed by atoms with Crippen LogP contribution >= 0.6 is 0 Å². The van der Waals surface area contributed by atoms with Crippen molar-refractivity contribution in [1.82, 2.24) is 4.98 Å². The van der Waals surface area contributed by atoms with Crippen LogP contribution in [0.4, 0.5) is 11.5 Å². The zero-order valence-corrected chi connectivity index (χ0v) is 10.6. The Morgan fingerprint density at radius 1 is 1.32 bits per heavy atom. The first-order valence-corrected chi connectivity index (χ1v) is 5.96. The smallest absolute Gasteiger partial charge is 0.226 e. The van der Waals surface area contributed by atoms with E-state index in [-0.39, 0.29) is 0 Å². The third-order valence-corrected chi connectivity index (χ3v) is 3.18. The molecule has 2 heterocycles. The predicted octanol–water partition coefficient (Wildman–Crippen LogP) is 1.99. The number of benzene rings is 1. The average molecular weight is 254 g/mol. The van der Waals surface area contributed by atoms with Gasteiger partial charge in [-0.25, -0.2) is 0 Å². The van der Waals surface area contributed by atoms with Gasteiger partial charge in [0.05, 0.1) is 11.3 Å². The molecule has 0 aliphatic carbocycles. The molecule has 2 aromatic rings. The van der Waals surface area contributed by atoms with Crippen molar-refractivity contribution in [2.24, 2.45) is 4.99 Å². The summed E-state index contributed by atoms with van der Waals surface area (Å²) in [5.74, 6) is 1.63. The van der Waals surface area contributed by atoms with Crippen LogP contribution in [0.25, 0.3) is 0 Å². The lowest BCUT2D eigenvalue weighted by Gasteiger charge is -2.21. The number of hydrogen-bond donors (Lipinski definition) is 2. The van der Waals surface area contributed by atoms with Crippen molar-refractivity contribution >= 4 is 17.7 Å². The molecule has 1 aliphatic rings. The van der Waals surface area contributed by atoms with Gasteiger partial charge < -0.3 is 16.2 Å². The summed E-state index contributed by atoms with van der Waals surface area (Å²) in [6.45, 7) is 0. The van der Waals surface area contributed by atoms with Crippen LogP contribution in [-0.4, -0.2) is 18.2 Å². The minimum Gasteiger partial charge on any atom is -0.438 e. The molecule has 0 radical (unpaired) electrons. The summed E-state index contributed by atoms with van der Waals surface area (Å²) in [6, 6.07) is 7.83. The van der Waals surface area contributed by atoms with Crippen LogP contribution in [0.5, 0.6) is 11.6 Å². The Morgan fingerprint density at radius 3 is 2.89 bits per heavy atom. The van der Waals surface area contributed by atoms with Gasteiger partial charge in [-0.3, -0.25) is 4.99 Å². The van der Waals surface area contributed by atoms with E-state index >= 15 is 0 Å². The lowest BCUT2D eigenvalue weighted by molar-refractivity contribution is 0.442. The van der Waals surface area contributed by atoms with E-state index in [1.54, 1.807) is 13.3 Å². The number of para-hydroxylation sites is 1. The van der Waals surface area contributed by atoms with Gasteiger partial charge in [0.15, 0.2) is 0 Å². The molecule has 0 bridgehead atoms. The summed E-state index contributed by atoms with van der Waals surface area (Å²) in [5.41, 5.74) is 15.2. The molecular formula is C14H14N4O. The topological polar surface area (TPSA) is 86.5 Å². The van der Waals surface area contributed by atoms with E-state index in [1.165, 1.54) is 0 Å². The van der Waals surface area contributed by atoms with E-state index < -0.39 is 0 Å². The Morgan fingerprint density at radius 2 is 2.11 bits per heavy atom. The van der Waals surface area contributed by atoms with E-state index in [4.69, 9.17) is 16.2 Å². The number of ether oxygens (including phenoxy) is 1. The van der Waals surface area contributed by atoms with Gasteiger partial charge in [-0.05, 0) is 11.6 Å². The van der Waals surface area contributed by atoms with Crippen LogP contribution in [0.3, 0.4) is 0 Å². The maximum atomic E-state index is 6.16. The predicted molar refractivity (Wildman–Crippen MR) is 75.9 cm³/mol. The van der Waals surface area contributed by atoms with Crippen molar-refractivity contribution in [3.05, 3.63) is 41.0 Å². The zero-order chi connectivity index (χ0) is 13.4. The molecule has 5 heteroatoms. The fraction of sp³-hybridized carbons (Fsp3) is 0.143. The van der Waals surface area contributed by atoms with Crippen molar-refractivity contribution < 1.29 is 4.74 Å². The number of anilines is 2. The first-order chi connectivity index (χ1) is 9.20. The van der Waals surface area contributed by atoms with Gasteiger partial charge in [-0.2, -0.15) is 4.98 Å². The molecule has 1 aromatic carbocycles. The summed E-state index contributed by atoms with van der Waals surface area (Å²) in [6.07, 6.45) is 2.31. The fourth-order valence-corrected chi connectivity index (χ4v) is 2.22. The summed E-state index contributed by atoms with van der Waals surface area (Å²) >= 11 is 0. The summed E-state index contributed by atoms with van der Waals surface area (Å²) in [5, 5.41) is 0. The molecule has 0 spiro atoms. The molecule has 0 fully saturated rings. The van der Waals surface area contributed by atoms with Gasteiger partial charge in [0, 0.05) is 25.2 Å². The van der Waals surface area contributed by atoms with Gasteiger partial charge in [0.1, 0.15) is 11.6 Å². The van der Waals surface area contributed by atoms with Crippen molar-refractivity contribution in [3.8, 4) is 11.6 Å². The number of nitrogens with zero attached hydrogens (tertiary/aromatic N) is 2. The first kappa shape index (κ1) is 11.5. The van der Waals surface area contributed by atoms with Crippen LogP contribution in [-0.2, 0) is 6.42 Å². The summed E-state index contributed by atoms with van der Waals surface area (Å²) in [7, 11) is 1.67. The van der Waals surface area contributed by atoms with Crippen LogP contribution in [0.2, 0.25) is 0 Å². The molecule has 0 saturated carbocycles. The van der Waals surface area contributed by atoms with Gasteiger partial charge in [-0.15, -0.1) is 0 Å². The highest BCUT2D eigenvalue weighted by atomic mass is 16.5. The van der Waals surface area contributed by atoms with Crippen molar-refractivity contribution in [3.63, 3.8) is 0 Å². The third kappa shape index (κ3) is 1.79. The number of hydrogen-bond acceptors (Lipinski definition) is 5. The SMILES string of the molecule is CN=Cc1c(N)nc2c(c1N)Cc1ccccc1O2. The number of aliphatic imine (C=N–C) groups is 1. The van der Waals surface area contributed by atoms with Gasteiger partial charge in [-0.1, -0.05) is 18.2 Å². The molecule has 3 rings (SSSR count). The van der Waals surface area contributed by atoms with E-state index in [2.05, 4.69) is 9.98 Å². The van der Waals surface area contributed by atoms with E-state index in [9.17, 15) is 0 Å². The number of fused-ring (bicyclic) bond motifs is 2. The molecule has 1 aromatic heterocycles. The van der Waals surface area contributed by atoms with Crippen LogP contribution in [0.15, 0.2) is 29.3 Å². The highest BCUT2D eigenvalue weighted by molar-refractivity contribution is 5.94. The van der Waals surface area contributed by atoms with Crippen molar-refractivity contribution in [2.75, 3.05) is 18.5 Å². The Kier molecular flexibility index (Phi) is 2.59. The molecule has 0 unspecified atom stereocenters. The lowest BCUT2D eigenvalue weighted by Crippen LogP contribution is -2.12. The minimum atomic E-state index is 0.334. The molecule has 0 atom stereocenters. The minimum absolute atomic E-state index is 0.334. The third-order valence-electron chi connectivity index (χ3n) is 3.18. The molecule has 0 saturated heterocycles. The molecule has 0 amide bonds. The zero-order valence-electron chi connectivity index (χ0n) is 10.6. The summed E-state index contributed by atoms with van der Waals surface area (Å²) < 4.78 is 5.76. The molecular weight excluding hydrogens is 240 g/mol. The van der Waals surface area contributed by atoms with Crippen molar-refractivity contribution in [2.45, 2.75) is 6.42 Å². The van der Waals surface area contributed by atoms with E-state index in [0.29, 0.717) is 29.4 Å². The first-order valence-electron chi connectivity index (χ1n) is 5.96. The lowest BCUT2D eigenvalue weighted by atomic mass is 9.99. The summed E-state index contributed by atoms with van der Waals surface area (Å²) in [4.78, 5) is 8.23. The number of aromatic nitrogens is 1. The average Bonchev–Trinajstić information content (AvgIpc) is 2.42. The number of nitrogens with two attached hydrogens (primary N) is 2. The van der Waals surface area contributed by atoms with Crippen LogP contribution in [0.1, 0.15) is 16.7 Å². The number of rotatable bonds is 1. The normalized spacial score (nSPS) is 12.9. The van der Waals surface area contributed by atoms with Crippen molar-refractivity contribution in [1.29, 1.82) is 0 Å². The van der Waals surface area contributed by atoms with E-state index in [0.717, 1.165) is 16.9 Å². The quantitative estimate of drug-likeness (QED) is 0.650. The highest BCUT2D eigenvalue weighted by Gasteiger charge is 2.23. The number of nitrogen functional groups attached to an aromatic ring is 2.